The van der Waals surface area contributed by atoms with Gasteiger partial charge in [-0.3, -0.25) is 9.78 Å². The molecule has 0 bridgehead atoms. The number of carbonyl (C=O) groups excluding carboxylic acids is 1. The highest BCUT2D eigenvalue weighted by Gasteiger charge is 2.18. The maximum Gasteiger partial charge on any atom is 0.185 e. The molecule has 0 fully saturated rings. The summed E-state index contributed by atoms with van der Waals surface area (Å²) in [4.78, 5) is 20.3. The van der Waals surface area contributed by atoms with E-state index in [0.29, 0.717) is 12.2 Å². The smallest absolute Gasteiger partial charge is 0.185 e. The SMILES string of the molecule is CC(CN(C)CCCN(C)C)C(=O)c1ccc(F)cn1. The van der Waals surface area contributed by atoms with E-state index in [9.17, 15) is 9.18 Å². The van der Waals surface area contributed by atoms with Crippen molar-refractivity contribution in [1.29, 1.82) is 0 Å². The molecule has 0 amide bonds. The molecule has 1 heterocycles. The Morgan fingerprint density at radius 2 is 2.00 bits per heavy atom. The predicted octanol–water partition coefficient (Wildman–Crippen LogP) is 1.92. The number of carbonyl (C=O) groups is 1. The van der Waals surface area contributed by atoms with Crippen molar-refractivity contribution in [2.24, 2.45) is 5.92 Å². The van der Waals surface area contributed by atoms with Crippen molar-refractivity contribution in [2.75, 3.05) is 40.8 Å². The lowest BCUT2D eigenvalue weighted by molar-refractivity contribution is 0.0897. The van der Waals surface area contributed by atoms with Gasteiger partial charge in [0.2, 0.25) is 0 Å². The molecule has 0 spiro atoms. The van der Waals surface area contributed by atoms with Gasteiger partial charge in [-0.2, -0.15) is 0 Å². The highest BCUT2D eigenvalue weighted by Crippen LogP contribution is 2.08. The van der Waals surface area contributed by atoms with E-state index in [4.69, 9.17) is 0 Å². The molecule has 0 aromatic carbocycles. The summed E-state index contributed by atoms with van der Waals surface area (Å²) in [7, 11) is 6.11. The lowest BCUT2D eigenvalue weighted by Gasteiger charge is -2.21. The first-order chi connectivity index (χ1) is 9.40. The van der Waals surface area contributed by atoms with E-state index >= 15 is 0 Å². The molecule has 0 aliphatic heterocycles. The molecule has 1 aromatic rings. The van der Waals surface area contributed by atoms with Crippen molar-refractivity contribution in [1.82, 2.24) is 14.8 Å². The Kier molecular flexibility index (Phi) is 6.75. The van der Waals surface area contributed by atoms with Crippen LogP contribution < -0.4 is 0 Å². The van der Waals surface area contributed by atoms with Crippen LogP contribution in [0.15, 0.2) is 18.3 Å². The second kappa shape index (κ2) is 8.07. The third-order valence-corrected chi connectivity index (χ3v) is 3.16. The number of nitrogens with zero attached hydrogens (tertiary/aromatic N) is 3. The minimum atomic E-state index is -0.421. The quantitative estimate of drug-likeness (QED) is 0.682. The maximum atomic E-state index is 12.8. The van der Waals surface area contributed by atoms with Crippen molar-refractivity contribution in [3.63, 3.8) is 0 Å². The Bertz CT molecular complexity index is 420. The van der Waals surface area contributed by atoms with Crippen LogP contribution in [0.5, 0.6) is 0 Å². The molecule has 0 aliphatic carbocycles. The summed E-state index contributed by atoms with van der Waals surface area (Å²) in [5.74, 6) is -0.600. The van der Waals surface area contributed by atoms with Crippen molar-refractivity contribution >= 4 is 5.78 Å². The zero-order valence-corrected chi connectivity index (χ0v) is 12.8. The summed E-state index contributed by atoms with van der Waals surface area (Å²) in [6.07, 6.45) is 2.15. The monoisotopic (exact) mass is 281 g/mol. The standard InChI is InChI=1S/C15H24FN3O/c1-12(11-19(4)9-5-8-18(2)3)15(20)14-7-6-13(16)10-17-14/h6-7,10,12H,5,8-9,11H2,1-4H3. The minimum Gasteiger partial charge on any atom is -0.309 e. The van der Waals surface area contributed by atoms with Crippen molar-refractivity contribution in [2.45, 2.75) is 13.3 Å². The van der Waals surface area contributed by atoms with Gasteiger partial charge in [-0.05, 0) is 52.8 Å². The molecule has 4 nitrogen and oxygen atoms in total. The Morgan fingerprint density at radius 3 is 2.55 bits per heavy atom. The topological polar surface area (TPSA) is 36.4 Å². The molecule has 5 heteroatoms. The number of rotatable bonds is 8. The molecule has 0 radical (unpaired) electrons. The highest BCUT2D eigenvalue weighted by molar-refractivity contribution is 5.95. The zero-order chi connectivity index (χ0) is 15.1. The largest absolute Gasteiger partial charge is 0.309 e. The molecule has 0 saturated heterocycles. The molecule has 1 atom stereocenters. The van der Waals surface area contributed by atoms with Gasteiger partial charge < -0.3 is 9.80 Å². The third kappa shape index (κ3) is 5.75. The van der Waals surface area contributed by atoms with Crippen molar-refractivity contribution in [3.8, 4) is 0 Å². The molecule has 1 aromatic heterocycles. The second-order valence-electron chi connectivity index (χ2n) is 5.55. The van der Waals surface area contributed by atoms with Crippen LogP contribution in [0.3, 0.4) is 0 Å². The van der Waals surface area contributed by atoms with Gasteiger partial charge in [0.15, 0.2) is 5.78 Å². The van der Waals surface area contributed by atoms with Crippen LogP contribution in [0.4, 0.5) is 4.39 Å². The second-order valence-corrected chi connectivity index (χ2v) is 5.55. The number of pyridine rings is 1. The Hall–Kier alpha value is -1.33. The van der Waals surface area contributed by atoms with E-state index in [0.717, 1.165) is 25.7 Å². The average Bonchev–Trinajstić information content (AvgIpc) is 2.38. The van der Waals surface area contributed by atoms with Crippen LogP contribution in [0.1, 0.15) is 23.8 Å². The lowest BCUT2D eigenvalue weighted by atomic mass is 10.0. The number of aromatic nitrogens is 1. The maximum absolute atomic E-state index is 12.8. The van der Waals surface area contributed by atoms with Crippen LogP contribution in [0.25, 0.3) is 0 Å². The fourth-order valence-corrected chi connectivity index (χ4v) is 2.07. The Labute approximate surface area is 120 Å². The van der Waals surface area contributed by atoms with Crippen LogP contribution in [0.2, 0.25) is 0 Å². The van der Waals surface area contributed by atoms with Gasteiger partial charge in [0.25, 0.3) is 0 Å². The van der Waals surface area contributed by atoms with Gasteiger partial charge >= 0.3 is 0 Å². The molecule has 20 heavy (non-hydrogen) atoms. The molecule has 1 unspecified atom stereocenters. The first-order valence-corrected chi connectivity index (χ1v) is 6.89. The van der Waals surface area contributed by atoms with E-state index < -0.39 is 5.82 Å². The van der Waals surface area contributed by atoms with Gasteiger partial charge in [-0.25, -0.2) is 4.39 Å². The molecular formula is C15H24FN3O. The van der Waals surface area contributed by atoms with Gasteiger partial charge in [-0.15, -0.1) is 0 Å². The summed E-state index contributed by atoms with van der Waals surface area (Å²) in [5.41, 5.74) is 0.334. The molecule has 0 saturated carbocycles. The molecular weight excluding hydrogens is 257 g/mol. The van der Waals surface area contributed by atoms with Gasteiger partial charge in [-0.1, -0.05) is 6.92 Å². The van der Waals surface area contributed by atoms with Crippen LogP contribution in [-0.2, 0) is 0 Å². The molecule has 0 aliphatic rings. The van der Waals surface area contributed by atoms with Crippen LogP contribution >= 0.6 is 0 Å². The average molecular weight is 281 g/mol. The van der Waals surface area contributed by atoms with E-state index in [1.165, 1.54) is 12.1 Å². The summed E-state index contributed by atoms with van der Waals surface area (Å²) >= 11 is 0. The van der Waals surface area contributed by atoms with Gasteiger partial charge in [0, 0.05) is 12.5 Å². The van der Waals surface area contributed by atoms with Gasteiger partial charge in [0.1, 0.15) is 11.5 Å². The first-order valence-electron chi connectivity index (χ1n) is 6.89. The van der Waals surface area contributed by atoms with Crippen LogP contribution in [-0.4, -0.2) is 61.3 Å². The summed E-state index contributed by atoms with van der Waals surface area (Å²) < 4.78 is 12.8. The number of halogens is 1. The zero-order valence-electron chi connectivity index (χ0n) is 12.8. The normalized spacial score (nSPS) is 12.9. The summed E-state index contributed by atoms with van der Waals surface area (Å²) in [5, 5.41) is 0. The lowest BCUT2D eigenvalue weighted by Crippen LogP contribution is -2.31. The minimum absolute atomic E-state index is 0.0375. The van der Waals surface area contributed by atoms with Gasteiger partial charge in [0.05, 0.1) is 6.20 Å². The van der Waals surface area contributed by atoms with Crippen LogP contribution in [0, 0.1) is 11.7 Å². The summed E-state index contributed by atoms with van der Waals surface area (Å²) in [6.45, 7) is 4.56. The number of Topliss-reactive ketones (excluding diaryl/α,β-unsaturated/α-hetero) is 1. The highest BCUT2D eigenvalue weighted by atomic mass is 19.1. The number of hydrogen-bond donors (Lipinski definition) is 0. The fraction of sp³-hybridized carbons (Fsp3) is 0.600. The van der Waals surface area contributed by atoms with E-state index in [1.54, 1.807) is 0 Å². The summed E-state index contributed by atoms with van der Waals surface area (Å²) in [6, 6.07) is 2.72. The molecule has 0 N–H and O–H groups in total. The fourth-order valence-electron chi connectivity index (χ4n) is 2.07. The molecule has 1 rings (SSSR count). The van der Waals surface area contributed by atoms with Crippen molar-refractivity contribution < 1.29 is 9.18 Å². The number of hydrogen-bond acceptors (Lipinski definition) is 4. The van der Waals surface area contributed by atoms with E-state index in [2.05, 4.69) is 14.8 Å². The Balaban J connectivity index is 2.43. The predicted molar refractivity (Wildman–Crippen MR) is 78.4 cm³/mol. The van der Waals surface area contributed by atoms with E-state index in [1.807, 2.05) is 28.1 Å². The van der Waals surface area contributed by atoms with E-state index in [-0.39, 0.29) is 11.7 Å². The Morgan fingerprint density at radius 1 is 1.30 bits per heavy atom. The number of ketones is 1. The third-order valence-electron chi connectivity index (χ3n) is 3.16. The first kappa shape index (κ1) is 16.7. The molecule has 112 valence electrons. The van der Waals surface area contributed by atoms with Crippen molar-refractivity contribution in [3.05, 3.63) is 29.8 Å².